The summed E-state index contributed by atoms with van der Waals surface area (Å²) in [5.74, 6) is 0. The number of hydrogen-bond donors (Lipinski definition) is 0. The molecule has 1 aliphatic heterocycles. The number of hydrogen-bond acceptors (Lipinski definition) is 2. The van der Waals surface area contributed by atoms with E-state index in [2.05, 4.69) is 98.9 Å². The lowest BCUT2D eigenvalue weighted by molar-refractivity contribution is 0.613. The molecule has 3 aromatic carbocycles. The van der Waals surface area contributed by atoms with Crippen molar-refractivity contribution in [3.63, 3.8) is 0 Å². The van der Waals surface area contributed by atoms with Gasteiger partial charge in [-0.05, 0) is 176 Å². The van der Waals surface area contributed by atoms with Crippen LogP contribution >= 0.6 is 11.8 Å². The Labute approximate surface area is 225 Å². The molecule has 0 atom stereocenters. The van der Waals surface area contributed by atoms with Crippen LogP contribution in [0.1, 0.15) is 86.2 Å². The molecule has 6 rings (SSSR count). The molecule has 1 aliphatic carbocycles. The van der Waals surface area contributed by atoms with Crippen molar-refractivity contribution in [1.29, 1.82) is 0 Å². The van der Waals surface area contributed by atoms with Gasteiger partial charge >= 0.3 is 0 Å². The van der Waals surface area contributed by atoms with Crippen molar-refractivity contribution in [2.24, 2.45) is 0 Å². The summed E-state index contributed by atoms with van der Waals surface area (Å²) in [6, 6.07) is 6.74. The first-order valence-electron chi connectivity index (χ1n) is 13.3. The molecule has 0 amide bonds. The standard InChI is InChI=1S/C35H36OS/c1-17-19(3)25(9)33-31(21(17)5)23(7)24(8)32-22(6)18(2)20(4)26(10)34(32)35(33)12-14-37-30-15-27-11-13-36-29(27)16-28(30)35/h11-16H,1-10H3. The van der Waals surface area contributed by atoms with Crippen LogP contribution in [-0.4, -0.2) is 0 Å². The zero-order chi connectivity index (χ0) is 26.5. The van der Waals surface area contributed by atoms with Crippen LogP contribution in [0.5, 0.6) is 0 Å². The highest BCUT2D eigenvalue weighted by Gasteiger charge is 2.46. The fraction of sp³-hybridized carbons (Fsp3) is 0.314. The molecular weight excluding hydrogens is 468 g/mol. The Kier molecular flexibility index (Phi) is 5.28. The molecule has 0 N–H and O–H groups in total. The van der Waals surface area contributed by atoms with Gasteiger partial charge in [0.25, 0.3) is 0 Å². The Morgan fingerprint density at radius 1 is 0.622 bits per heavy atom. The van der Waals surface area contributed by atoms with Crippen LogP contribution in [0.4, 0.5) is 0 Å². The highest BCUT2D eigenvalue weighted by molar-refractivity contribution is 8.02. The van der Waals surface area contributed by atoms with Crippen LogP contribution in [0.25, 0.3) is 22.1 Å². The Morgan fingerprint density at radius 2 is 1.14 bits per heavy atom. The number of furan rings is 1. The molecule has 2 heteroatoms. The van der Waals surface area contributed by atoms with Crippen molar-refractivity contribution < 1.29 is 4.42 Å². The van der Waals surface area contributed by atoms with Gasteiger partial charge in [-0.15, -0.1) is 0 Å². The van der Waals surface area contributed by atoms with Crippen LogP contribution in [0.2, 0.25) is 0 Å². The predicted octanol–water partition coefficient (Wildman–Crippen LogP) is 10.1. The summed E-state index contributed by atoms with van der Waals surface area (Å²) in [5.41, 5.74) is 21.6. The minimum atomic E-state index is -0.411. The van der Waals surface area contributed by atoms with E-state index in [0.29, 0.717) is 0 Å². The summed E-state index contributed by atoms with van der Waals surface area (Å²) >= 11 is 1.83. The van der Waals surface area contributed by atoms with Gasteiger partial charge in [-0.3, -0.25) is 0 Å². The second-order valence-corrected chi connectivity index (χ2v) is 12.2. The van der Waals surface area contributed by atoms with Crippen LogP contribution < -0.4 is 0 Å². The van der Waals surface area contributed by atoms with Crippen LogP contribution in [0.3, 0.4) is 0 Å². The minimum Gasteiger partial charge on any atom is -0.464 e. The second kappa shape index (κ2) is 8.01. The third-order valence-corrected chi connectivity index (χ3v) is 10.8. The summed E-state index contributed by atoms with van der Waals surface area (Å²) < 4.78 is 6.02. The Morgan fingerprint density at radius 3 is 1.68 bits per heavy atom. The van der Waals surface area contributed by atoms with Crippen molar-refractivity contribution in [3.8, 4) is 0 Å². The molecule has 0 fully saturated rings. The zero-order valence-corrected chi connectivity index (χ0v) is 24.6. The van der Waals surface area contributed by atoms with Gasteiger partial charge in [0.1, 0.15) is 5.58 Å². The molecule has 4 aromatic rings. The van der Waals surface area contributed by atoms with E-state index in [1.54, 1.807) is 0 Å². The minimum absolute atomic E-state index is 0.411. The molecule has 37 heavy (non-hydrogen) atoms. The van der Waals surface area contributed by atoms with Crippen molar-refractivity contribution in [1.82, 2.24) is 0 Å². The lowest BCUT2D eigenvalue weighted by atomic mass is 9.62. The van der Waals surface area contributed by atoms with E-state index in [1.807, 2.05) is 18.0 Å². The normalized spacial score (nSPS) is 15.7. The van der Waals surface area contributed by atoms with Gasteiger partial charge in [-0.25, -0.2) is 0 Å². The molecule has 2 aliphatic rings. The molecule has 0 saturated heterocycles. The number of allylic oxidation sites excluding steroid dienone is 3. The fourth-order valence-corrected chi connectivity index (χ4v) is 8.14. The lowest BCUT2D eigenvalue weighted by Crippen LogP contribution is -2.34. The van der Waals surface area contributed by atoms with E-state index in [4.69, 9.17) is 4.42 Å². The summed E-state index contributed by atoms with van der Waals surface area (Å²) in [5, 5.41) is 3.50. The first-order valence-corrected chi connectivity index (χ1v) is 14.2. The molecule has 1 aromatic heterocycles. The first kappa shape index (κ1) is 24.4. The summed E-state index contributed by atoms with van der Waals surface area (Å²) in [6.07, 6.45) is 4.32. The molecule has 1 spiro atoms. The van der Waals surface area contributed by atoms with Gasteiger partial charge in [0.2, 0.25) is 0 Å². The summed E-state index contributed by atoms with van der Waals surface area (Å²) in [7, 11) is 0. The van der Waals surface area contributed by atoms with E-state index in [9.17, 15) is 0 Å². The third kappa shape index (κ3) is 2.94. The lowest BCUT2D eigenvalue weighted by Gasteiger charge is -2.42. The number of rotatable bonds is 0. The van der Waals surface area contributed by atoms with Gasteiger partial charge in [-0.2, -0.15) is 0 Å². The van der Waals surface area contributed by atoms with E-state index in [-0.39, 0.29) is 0 Å². The van der Waals surface area contributed by atoms with Gasteiger partial charge in [0.15, 0.2) is 0 Å². The SMILES string of the molecule is CC1=C(C)c2c(C)c(C)c(C)c(C)c2C2(C=CSc3cc4ccoc4cc32)c2c(C)c(C)c(C)c(C)c21. The molecule has 0 unspecified atom stereocenters. The van der Waals surface area contributed by atoms with Crippen molar-refractivity contribution >= 4 is 33.9 Å². The highest BCUT2D eigenvalue weighted by atomic mass is 32.2. The molecule has 188 valence electrons. The van der Waals surface area contributed by atoms with Crippen molar-refractivity contribution in [3.05, 3.63) is 108 Å². The summed E-state index contributed by atoms with van der Waals surface area (Å²) in [4.78, 5) is 1.32. The molecule has 2 heterocycles. The molecular formula is C35H36OS. The van der Waals surface area contributed by atoms with Gasteiger partial charge < -0.3 is 4.42 Å². The Hall–Kier alpha value is -2.97. The number of fused-ring (bicyclic) bond motifs is 7. The van der Waals surface area contributed by atoms with E-state index < -0.39 is 5.41 Å². The van der Waals surface area contributed by atoms with Crippen LogP contribution in [0.15, 0.2) is 45.3 Å². The Bertz CT molecular complexity index is 1660. The molecule has 1 nitrogen and oxygen atoms in total. The average molecular weight is 505 g/mol. The third-order valence-electron chi connectivity index (χ3n) is 9.97. The fourth-order valence-electron chi connectivity index (χ4n) is 7.18. The maximum Gasteiger partial charge on any atom is 0.134 e. The maximum atomic E-state index is 6.02. The Balaban J connectivity index is 1.97. The summed E-state index contributed by atoms with van der Waals surface area (Å²) in [6.45, 7) is 23.2. The highest BCUT2D eigenvalue weighted by Crippen LogP contribution is 2.58. The van der Waals surface area contributed by atoms with Gasteiger partial charge in [-0.1, -0.05) is 17.8 Å². The molecule has 0 saturated carbocycles. The zero-order valence-electron chi connectivity index (χ0n) is 23.8. The van der Waals surface area contributed by atoms with Crippen molar-refractivity contribution in [2.75, 3.05) is 0 Å². The monoisotopic (exact) mass is 504 g/mol. The van der Waals surface area contributed by atoms with Crippen molar-refractivity contribution in [2.45, 2.75) is 79.5 Å². The number of benzene rings is 3. The van der Waals surface area contributed by atoms with Gasteiger partial charge in [0.05, 0.1) is 11.7 Å². The maximum absolute atomic E-state index is 6.02. The van der Waals surface area contributed by atoms with E-state index in [1.165, 1.54) is 88.4 Å². The van der Waals surface area contributed by atoms with E-state index >= 15 is 0 Å². The van der Waals surface area contributed by atoms with Crippen LogP contribution in [0, 0.1) is 55.4 Å². The predicted molar refractivity (Wildman–Crippen MR) is 160 cm³/mol. The smallest absolute Gasteiger partial charge is 0.134 e. The van der Waals surface area contributed by atoms with Crippen LogP contribution in [-0.2, 0) is 5.41 Å². The number of thioether (sulfide) groups is 1. The first-order chi connectivity index (χ1) is 17.5. The largest absolute Gasteiger partial charge is 0.464 e. The second-order valence-electron chi connectivity index (χ2n) is 11.3. The van der Waals surface area contributed by atoms with E-state index in [0.717, 1.165) is 11.0 Å². The average Bonchev–Trinajstić information content (AvgIpc) is 3.32. The quantitative estimate of drug-likeness (QED) is 0.236. The topological polar surface area (TPSA) is 13.1 Å². The molecule has 0 bridgehead atoms. The van der Waals surface area contributed by atoms with Gasteiger partial charge in [0, 0.05) is 10.3 Å². The molecule has 0 radical (unpaired) electrons.